The van der Waals surface area contributed by atoms with Gasteiger partial charge in [-0.2, -0.15) is 0 Å². The molecule has 5 heteroatoms. The Kier molecular flexibility index (Phi) is 5.00. The lowest BCUT2D eigenvalue weighted by atomic mass is 10.0. The molecule has 1 rings (SSSR count). The summed E-state index contributed by atoms with van der Waals surface area (Å²) in [5, 5.41) is 11.2. The molecule has 92 valence electrons. The summed E-state index contributed by atoms with van der Waals surface area (Å²) >= 11 is 0. The van der Waals surface area contributed by atoms with Crippen LogP contribution in [0.2, 0.25) is 0 Å². The van der Waals surface area contributed by atoms with Crippen LogP contribution in [0.3, 0.4) is 0 Å². The van der Waals surface area contributed by atoms with E-state index in [0.717, 1.165) is 11.3 Å². The first-order chi connectivity index (χ1) is 8.17. The lowest BCUT2D eigenvalue weighted by molar-refractivity contribution is -0.137. The fraction of sp³-hybridized carbons (Fsp3) is 0.333. The van der Waals surface area contributed by atoms with Crippen LogP contribution in [0.25, 0.3) is 0 Å². The number of nitrogens with one attached hydrogen (secondary N) is 1. The Balaban J connectivity index is 2.79. The molecular weight excluding hydrogens is 222 g/mol. The summed E-state index contributed by atoms with van der Waals surface area (Å²) in [5.41, 5.74) is 0.739. The third-order valence-corrected chi connectivity index (χ3v) is 2.24. The Morgan fingerprint density at radius 3 is 2.59 bits per heavy atom. The molecule has 0 fully saturated rings. The third-order valence-electron chi connectivity index (χ3n) is 2.24. The average Bonchev–Trinajstić information content (AvgIpc) is 2.29. The van der Waals surface area contributed by atoms with E-state index in [1.165, 1.54) is 0 Å². The fourth-order valence-electron chi connectivity index (χ4n) is 1.49. The van der Waals surface area contributed by atoms with Crippen molar-refractivity contribution >= 4 is 12.4 Å². The van der Waals surface area contributed by atoms with E-state index in [4.69, 9.17) is 9.84 Å². The molecule has 0 unspecified atom stereocenters. The molecule has 0 saturated carbocycles. The van der Waals surface area contributed by atoms with Crippen molar-refractivity contribution in [3.05, 3.63) is 29.8 Å². The van der Waals surface area contributed by atoms with Crippen LogP contribution in [0.4, 0.5) is 0 Å². The number of amides is 1. The number of aliphatic carboxylic acids is 1. The van der Waals surface area contributed by atoms with Crippen molar-refractivity contribution in [3.8, 4) is 5.75 Å². The smallest absolute Gasteiger partial charge is 0.305 e. The predicted molar refractivity (Wildman–Crippen MR) is 61.8 cm³/mol. The Bertz CT molecular complexity index is 375. The summed E-state index contributed by atoms with van der Waals surface area (Å²) in [6.45, 7) is 2.46. The molecule has 0 radical (unpaired) electrons. The van der Waals surface area contributed by atoms with Crippen molar-refractivity contribution in [3.63, 3.8) is 0 Å². The van der Waals surface area contributed by atoms with E-state index in [1.54, 1.807) is 24.3 Å². The molecule has 1 amide bonds. The molecule has 2 N–H and O–H groups in total. The van der Waals surface area contributed by atoms with E-state index in [9.17, 15) is 9.59 Å². The first-order valence-corrected chi connectivity index (χ1v) is 5.31. The van der Waals surface area contributed by atoms with Gasteiger partial charge in [0.15, 0.2) is 0 Å². The normalized spacial score (nSPS) is 11.6. The topological polar surface area (TPSA) is 75.6 Å². The van der Waals surface area contributed by atoms with E-state index >= 15 is 0 Å². The number of carboxylic acid groups (broad SMARTS) is 1. The van der Waals surface area contributed by atoms with Gasteiger partial charge in [0.2, 0.25) is 6.41 Å². The number of carboxylic acids is 1. The molecule has 0 heterocycles. The zero-order valence-electron chi connectivity index (χ0n) is 9.55. The molecule has 1 aromatic carbocycles. The zero-order chi connectivity index (χ0) is 12.7. The van der Waals surface area contributed by atoms with Gasteiger partial charge in [0, 0.05) is 0 Å². The molecule has 0 aliphatic carbocycles. The predicted octanol–water partition coefficient (Wildman–Crippen LogP) is 1.35. The highest BCUT2D eigenvalue weighted by atomic mass is 16.5. The number of carbonyl (C=O) groups excluding carboxylic acids is 1. The molecule has 0 bridgehead atoms. The molecule has 5 nitrogen and oxygen atoms in total. The van der Waals surface area contributed by atoms with Gasteiger partial charge in [0.05, 0.1) is 19.1 Å². The SMILES string of the molecule is CCOc1ccc([C@@H](CC(=O)O)NC=O)cc1. The molecule has 0 aliphatic heterocycles. The molecular formula is C12H15NO4. The minimum atomic E-state index is -0.960. The number of hydrogen-bond acceptors (Lipinski definition) is 3. The van der Waals surface area contributed by atoms with Crippen LogP contribution in [0.1, 0.15) is 24.9 Å². The highest BCUT2D eigenvalue weighted by molar-refractivity contribution is 5.68. The Morgan fingerprint density at radius 1 is 1.47 bits per heavy atom. The third kappa shape index (κ3) is 4.14. The van der Waals surface area contributed by atoms with Gasteiger partial charge >= 0.3 is 5.97 Å². The molecule has 17 heavy (non-hydrogen) atoms. The summed E-state index contributed by atoms with van der Waals surface area (Å²) < 4.78 is 5.28. The van der Waals surface area contributed by atoms with E-state index in [2.05, 4.69) is 5.32 Å². The first-order valence-electron chi connectivity index (χ1n) is 5.31. The highest BCUT2D eigenvalue weighted by Gasteiger charge is 2.14. The van der Waals surface area contributed by atoms with Gasteiger partial charge < -0.3 is 15.2 Å². The maximum atomic E-state index is 10.6. The van der Waals surface area contributed by atoms with Crippen molar-refractivity contribution in [1.29, 1.82) is 0 Å². The maximum absolute atomic E-state index is 10.6. The number of ether oxygens (including phenoxy) is 1. The lowest BCUT2D eigenvalue weighted by Gasteiger charge is -2.14. The van der Waals surface area contributed by atoms with E-state index < -0.39 is 12.0 Å². The van der Waals surface area contributed by atoms with Crippen molar-refractivity contribution in [1.82, 2.24) is 5.32 Å². The monoisotopic (exact) mass is 237 g/mol. The van der Waals surface area contributed by atoms with E-state index in [0.29, 0.717) is 13.0 Å². The van der Waals surface area contributed by atoms with Crippen LogP contribution in [0, 0.1) is 0 Å². The van der Waals surface area contributed by atoms with Crippen LogP contribution >= 0.6 is 0 Å². The Labute approximate surface area is 99.4 Å². The quantitative estimate of drug-likeness (QED) is 0.702. The van der Waals surface area contributed by atoms with E-state index in [-0.39, 0.29) is 6.42 Å². The second-order valence-corrected chi connectivity index (χ2v) is 3.44. The number of carbonyl (C=O) groups is 2. The second kappa shape index (κ2) is 6.52. The molecule has 0 aromatic heterocycles. The molecule has 0 spiro atoms. The number of hydrogen-bond donors (Lipinski definition) is 2. The molecule has 1 aromatic rings. The van der Waals surface area contributed by atoms with Gasteiger partial charge in [0.1, 0.15) is 5.75 Å². The summed E-state index contributed by atoms with van der Waals surface area (Å²) in [4.78, 5) is 21.1. The van der Waals surface area contributed by atoms with Crippen molar-refractivity contribution in [2.75, 3.05) is 6.61 Å². The number of benzene rings is 1. The average molecular weight is 237 g/mol. The standard InChI is InChI=1S/C12H15NO4/c1-2-17-10-5-3-9(4-6-10)11(13-8-14)7-12(15)16/h3-6,8,11H,2,7H2,1H3,(H,13,14)(H,15,16)/t11-/m1/s1. The second-order valence-electron chi connectivity index (χ2n) is 3.44. The van der Waals surface area contributed by atoms with Crippen LogP contribution in [-0.2, 0) is 9.59 Å². The minimum absolute atomic E-state index is 0.146. The van der Waals surface area contributed by atoms with Gasteiger partial charge in [-0.15, -0.1) is 0 Å². The Hall–Kier alpha value is -2.04. The van der Waals surface area contributed by atoms with Crippen LogP contribution < -0.4 is 10.1 Å². The van der Waals surface area contributed by atoms with Crippen molar-refractivity contribution in [2.24, 2.45) is 0 Å². The molecule has 0 aliphatic rings. The molecule has 0 saturated heterocycles. The lowest BCUT2D eigenvalue weighted by Crippen LogP contribution is -2.22. The van der Waals surface area contributed by atoms with Gasteiger partial charge in [0.25, 0.3) is 0 Å². The maximum Gasteiger partial charge on any atom is 0.305 e. The van der Waals surface area contributed by atoms with Gasteiger partial charge in [-0.05, 0) is 24.6 Å². The minimum Gasteiger partial charge on any atom is -0.494 e. The Morgan fingerprint density at radius 2 is 2.12 bits per heavy atom. The first kappa shape index (κ1) is 13.0. The summed E-state index contributed by atoms with van der Waals surface area (Å²) in [6, 6.07) is 6.48. The van der Waals surface area contributed by atoms with Crippen LogP contribution in [0.15, 0.2) is 24.3 Å². The number of rotatable bonds is 7. The van der Waals surface area contributed by atoms with Crippen molar-refractivity contribution in [2.45, 2.75) is 19.4 Å². The summed E-state index contributed by atoms with van der Waals surface area (Å²) in [6.07, 6.45) is 0.358. The highest BCUT2D eigenvalue weighted by Crippen LogP contribution is 2.20. The molecule has 1 atom stereocenters. The van der Waals surface area contributed by atoms with Gasteiger partial charge in [-0.1, -0.05) is 12.1 Å². The van der Waals surface area contributed by atoms with Crippen LogP contribution in [-0.4, -0.2) is 24.1 Å². The van der Waals surface area contributed by atoms with Gasteiger partial charge in [-0.25, -0.2) is 0 Å². The largest absolute Gasteiger partial charge is 0.494 e. The zero-order valence-corrected chi connectivity index (χ0v) is 9.55. The summed E-state index contributed by atoms with van der Waals surface area (Å²) in [5.74, 6) is -0.241. The van der Waals surface area contributed by atoms with E-state index in [1.807, 2.05) is 6.92 Å². The fourth-order valence-corrected chi connectivity index (χ4v) is 1.49. The summed E-state index contributed by atoms with van der Waals surface area (Å²) in [7, 11) is 0. The van der Waals surface area contributed by atoms with Gasteiger partial charge in [-0.3, -0.25) is 9.59 Å². The van der Waals surface area contributed by atoms with Crippen molar-refractivity contribution < 1.29 is 19.4 Å². The van der Waals surface area contributed by atoms with Crippen LogP contribution in [0.5, 0.6) is 5.75 Å².